The predicted octanol–water partition coefficient (Wildman–Crippen LogP) is 3.86. The predicted molar refractivity (Wildman–Crippen MR) is 84.6 cm³/mol. The number of hydrogen-bond acceptors (Lipinski definition) is 3. The molecule has 0 aliphatic rings. The van der Waals surface area contributed by atoms with Crippen molar-refractivity contribution in [2.45, 2.75) is 18.2 Å². The highest BCUT2D eigenvalue weighted by atomic mass is 32.2. The Hall–Kier alpha value is -1.32. The third-order valence-electron chi connectivity index (χ3n) is 2.28. The molecular formula is C16H22N2S. The second-order valence-corrected chi connectivity index (χ2v) is 5.10. The first kappa shape index (κ1) is 15.7. The van der Waals surface area contributed by atoms with Crippen LogP contribution in [0.25, 0.3) is 0 Å². The Kier molecular flexibility index (Phi) is 9.73. The number of rotatable bonds is 6. The van der Waals surface area contributed by atoms with E-state index in [1.165, 1.54) is 11.3 Å². The zero-order valence-electron chi connectivity index (χ0n) is 11.5. The zero-order valence-corrected chi connectivity index (χ0v) is 12.3. The number of nitrogens with zero attached hydrogens (tertiary/aromatic N) is 1. The molecule has 102 valence electrons. The van der Waals surface area contributed by atoms with E-state index in [-0.39, 0.29) is 0 Å². The molecule has 1 aromatic heterocycles. The number of hydrogen-bond donors (Lipinski definition) is 1. The van der Waals surface area contributed by atoms with Gasteiger partial charge in [-0.15, -0.1) is 11.8 Å². The topological polar surface area (TPSA) is 24.9 Å². The van der Waals surface area contributed by atoms with Gasteiger partial charge < -0.3 is 5.32 Å². The fourth-order valence-corrected chi connectivity index (χ4v) is 2.20. The molecule has 0 spiro atoms. The van der Waals surface area contributed by atoms with E-state index in [1.807, 2.05) is 30.0 Å². The van der Waals surface area contributed by atoms with Gasteiger partial charge in [-0.3, -0.25) is 4.98 Å². The molecule has 1 N–H and O–H groups in total. The number of thioether (sulfide) groups is 1. The molecule has 0 saturated heterocycles. The van der Waals surface area contributed by atoms with Gasteiger partial charge in [0.2, 0.25) is 0 Å². The van der Waals surface area contributed by atoms with Crippen LogP contribution >= 0.6 is 11.8 Å². The van der Waals surface area contributed by atoms with Gasteiger partial charge in [-0.05, 0) is 37.2 Å². The van der Waals surface area contributed by atoms with E-state index in [0.29, 0.717) is 0 Å². The Morgan fingerprint density at radius 3 is 2.16 bits per heavy atom. The molecular weight excluding hydrogens is 252 g/mol. The van der Waals surface area contributed by atoms with Crippen LogP contribution in [0, 0.1) is 0 Å². The van der Waals surface area contributed by atoms with Gasteiger partial charge in [-0.2, -0.15) is 0 Å². The number of benzene rings is 1. The van der Waals surface area contributed by atoms with E-state index < -0.39 is 0 Å². The Labute approximate surface area is 120 Å². The summed E-state index contributed by atoms with van der Waals surface area (Å²) in [5, 5.41) is 3.38. The molecule has 0 unspecified atom stereocenters. The van der Waals surface area contributed by atoms with Gasteiger partial charge in [0.15, 0.2) is 0 Å². The van der Waals surface area contributed by atoms with Gasteiger partial charge in [0.05, 0.1) is 0 Å². The summed E-state index contributed by atoms with van der Waals surface area (Å²) in [6, 6.07) is 16.3. The van der Waals surface area contributed by atoms with E-state index in [2.05, 4.69) is 47.6 Å². The van der Waals surface area contributed by atoms with Crippen LogP contribution in [0.1, 0.15) is 13.3 Å². The second kappa shape index (κ2) is 11.8. The van der Waals surface area contributed by atoms with Crippen molar-refractivity contribution in [3.8, 4) is 0 Å². The molecule has 2 rings (SSSR count). The van der Waals surface area contributed by atoms with E-state index in [4.69, 9.17) is 0 Å². The van der Waals surface area contributed by atoms with E-state index in [1.54, 1.807) is 12.4 Å². The SMILES string of the molecule is CCCNCCSc1ccccc1.c1ccncc1. The van der Waals surface area contributed by atoms with Gasteiger partial charge in [0, 0.05) is 29.6 Å². The van der Waals surface area contributed by atoms with Crippen molar-refractivity contribution in [3.05, 3.63) is 60.9 Å². The lowest BCUT2D eigenvalue weighted by Gasteiger charge is -2.02. The summed E-state index contributed by atoms with van der Waals surface area (Å²) in [5.74, 6) is 1.16. The maximum Gasteiger partial charge on any atom is 0.0267 e. The van der Waals surface area contributed by atoms with E-state index >= 15 is 0 Å². The summed E-state index contributed by atoms with van der Waals surface area (Å²) in [4.78, 5) is 5.15. The fourth-order valence-electron chi connectivity index (χ4n) is 1.37. The third-order valence-corrected chi connectivity index (χ3v) is 3.30. The smallest absolute Gasteiger partial charge is 0.0267 e. The Morgan fingerprint density at radius 1 is 0.947 bits per heavy atom. The molecule has 0 amide bonds. The number of aromatic nitrogens is 1. The normalized spacial score (nSPS) is 9.53. The fraction of sp³-hybridized carbons (Fsp3) is 0.312. The molecule has 3 heteroatoms. The summed E-state index contributed by atoms with van der Waals surface area (Å²) < 4.78 is 0. The lowest BCUT2D eigenvalue weighted by Crippen LogP contribution is -2.17. The first-order valence-corrected chi connectivity index (χ1v) is 7.65. The Bertz CT molecular complexity index is 365. The van der Waals surface area contributed by atoms with Crippen molar-refractivity contribution in [3.63, 3.8) is 0 Å². The molecule has 19 heavy (non-hydrogen) atoms. The Balaban J connectivity index is 0.000000250. The minimum atomic E-state index is 1.10. The molecule has 2 aromatic rings. The highest BCUT2D eigenvalue weighted by molar-refractivity contribution is 7.99. The molecule has 1 heterocycles. The van der Waals surface area contributed by atoms with Crippen LogP contribution in [0.15, 0.2) is 65.8 Å². The largest absolute Gasteiger partial charge is 0.316 e. The first-order chi connectivity index (χ1) is 9.43. The van der Waals surface area contributed by atoms with Gasteiger partial charge >= 0.3 is 0 Å². The van der Waals surface area contributed by atoms with Crippen LogP contribution < -0.4 is 5.32 Å². The van der Waals surface area contributed by atoms with Crippen LogP contribution in [-0.2, 0) is 0 Å². The molecule has 0 fully saturated rings. The summed E-state index contributed by atoms with van der Waals surface area (Å²) in [5.41, 5.74) is 0. The highest BCUT2D eigenvalue weighted by Gasteiger charge is 1.90. The maximum atomic E-state index is 3.78. The van der Waals surface area contributed by atoms with Crippen molar-refractivity contribution in [2.24, 2.45) is 0 Å². The summed E-state index contributed by atoms with van der Waals surface area (Å²) >= 11 is 1.91. The standard InChI is InChI=1S/C11H17NS.C5H5N/c1-2-8-12-9-10-13-11-6-4-3-5-7-11;1-2-4-6-5-3-1/h3-7,12H,2,8-10H2,1H3;1-5H. The average molecular weight is 274 g/mol. The molecule has 0 atom stereocenters. The van der Waals surface area contributed by atoms with Crippen LogP contribution in [0.3, 0.4) is 0 Å². The lowest BCUT2D eigenvalue weighted by atomic mass is 10.4. The van der Waals surface area contributed by atoms with Crippen molar-refractivity contribution >= 4 is 11.8 Å². The minimum Gasteiger partial charge on any atom is -0.316 e. The van der Waals surface area contributed by atoms with Crippen molar-refractivity contribution < 1.29 is 0 Å². The van der Waals surface area contributed by atoms with Crippen molar-refractivity contribution in [2.75, 3.05) is 18.8 Å². The van der Waals surface area contributed by atoms with Gasteiger partial charge in [-0.25, -0.2) is 0 Å². The summed E-state index contributed by atoms with van der Waals surface area (Å²) in [6.45, 7) is 4.43. The van der Waals surface area contributed by atoms with E-state index in [9.17, 15) is 0 Å². The molecule has 0 radical (unpaired) electrons. The van der Waals surface area contributed by atoms with Crippen LogP contribution in [0.4, 0.5) is 0 Å². The average Bonchev–Trinajstić information content (AvgIpc) is 2.51. The number of nitrogens with one attached hydrogen (secondary N) is 1. The van der Waals surface area contributed by atoms with Crippen LogP contribution in [0.2, 0.25) is 0 Å². The van der Waals surface area contributed by atoms with Crippen LogP contribution in [-0.4, -0.2) is 23.8 Å². The summed E-state index contributed by atoms with van der Waals surface area (Å²) in [7, 11) is 0. The molecule has 1 aromatic carbocycles. The van der Waals surface area contributed by atoms with Crippen LogP contribution in [0.5, 0.6) is 0 Å². The molecule has 0 aliphatic carbocycles. The van der Waals surface area contributed by atoms with Gasteiger partial charge in [0.25, 0.3) is 0 Å². The number of pyridine rings is 1. The van der Waals surface area contributed by atoms with Gasteiger partial charge in [-0.1, -0.05) is 31.2 Å². The Morgan fingerprint density at radius 2 is 1.63 bits per heavy atom. The highest BCUT2D eigenvalue weighted by Crippen LogP contribution is 2.15. The zero-order chi connectivity index (χ0) is 13.6. The molecule has 2 nitrogen and oxygen atoms in total. The lowest BCUT2D eigenvalue weighted by molar-refractivity contribution is 0.707. The molecule has 0 bridgehead atoms. The summed E-state index contributed by atoms with van der Waals surface area (Å²) in [6.07, 6.45) is 4.72. The second-order valence-electron chi connectivity index (χ2n) is 3.94. The van der Waals surface area contributed by atoms with Crippen molar-refractivity contribution in [1.82, 2.24) is 10.3 Å². The third kappa shape index (κ3) is 9.28. The minimum absolute atomic E-state index is 1.10. The van der Waals surface area contributed by atoms with Crippen molar-refractivity contribution in [1.29, 1.82) is 0 Å². The maximum absolute atomic E-state index is 3.78. The van der Waals surface area contributed by atoms with Gasteiger partial charge in [0.1, 0.15) is 0 Å². The monoisotopic (exact) mass is 274 g/mol. The quantitative estimate of drug-likeness (QED) is 0.639. The first-order valence-electron chi connectivity index (χ1n) is 6.67. The molecule has 0 aliphatic heterocycles. The van der Waals surface area contributed by atoms with E-state index in [0.717, 1.165) is 18.8 Å². The molecule has 0 saturated carbocycles.